The highest BCUT2D eigenvalue weighted by Crippen LogP contribution is 2.17. The Bertz CT molecular complexity index is 337. The summed E-state index contributed by atoms with van der Waals surface area (Å²) in [6.07, 6.45) is 2.71. The highest BCUT2D eigenvalue weighted by atomic mass is 16.7. The van der Waals surface area contributed by atoms with Crippen molar-refractivity contribution >= 4 is 12.6 Å². The van der Waals surface area contributed by atoms with Gasteiger partial charge in [-0.1, -0.05) is 18.2 Å². The minimum Gasteiger partial charge on any atom is -0.465 e. The van der Waals surface area contributed by atoms with Gasteiger partial charge in [0.2, 0.25) is 0 Å². The van der Waals surface area contributed by atoms with Gasteiger partial charge in [-0.05, 0) is 18.9 Å². The Morgan fingerprint density at radius 1 is 1.25 bits per heavy atom. The van der Waals surface area contributed by atoms with Crippen LogP contribution in [0.3, 0.4) is 0 Å². The summed E-state index contributed by atoms with van der Waals surface area (Å²) < 4.78 is 11.0. The average Bonchev–Trinajstić information content (AvgIpc) is 2.31. The molecule has 1 aromatic carbocycles. The van der Waals surface area contributed by atoms with Gasteiger partial charge in [-0.15, -0.1) is 0 Å². The molecule has 1 atom stereocenters. The van der Waals surface area contributed by atoms with Crippen molar-refractivity contribution in [3.05, 3.63) is 24.3 Å². The first-order valence-corrected chi connectivity index (χ1v) is 5.50. The van der Waals surface area contributed by atoms with Gasteiger partial charge in [0.15, 0.2) is 6.29 Å². The van der Waals surface area contributed by atoms with Crippen LogP contribution in [-0.4, -0.2) is 30.1 Å². The van der Waals surface area contributed by atoms with Gasteiger partial charge in [-0.2, -0.15) is 0 Å². The summed E-state index contributed by atoms with van der Waals surface area (Å²) in [5, 5.41) is 18.3. The largest absolute Gasteiger partial charge is 0.492 e. The van der Waals surface area contributed by atoms with Gasteiger partial charge in [-0.25, -0.2) is 0 Å². The maximum Gasteiger partial charge on any atom is 0.492 e. The lowest BCUT2D eigenvalue weighted by Gasteiger charge is -2.24. The molecule has 0 bridgehead atoms. The number of benzene rings is 1. The first-order valence-electron chi connectivity index (χ1n) is 5.50. The minimum atomic E-state index is -1.51. The molecule has 2 rings (SSSR count). The second-order valence-corrected chi connectivity index (χ2v) is 3.83. The molecule has 0 aromatic heterocycles. The highest BCUT2D eigenvalue weighted by molar-refractivity contribution is 6.59. The molecule has 16 heavy (non-hydrogen) atoms. The van der Waals surface area contributed by atoms with Gasteiger partial charge < -0.3 is 19.5 Å². The molecule has 1 aliphatic heterocycles. The van der Waals surface area contributed by atoms with E-state index < -0.39 is 7.12 Å². The van der Waals surface area contributed by atoms with Crippen molar-refractivity contribution < 1.29 is 19.5 Å². The summed E-state index contributed by atoms with van der Waals surface area (Å²) in [6, 6.07) is 6.88. The molecule has 1 aliphatic rings. The van der Waals surface area contributed by atoms with Gasteiger partial charge in [-0.3, -0.25) is 0 Å². The van der Waals surface area contributed by atoms with Gasteiger partial charge in [0.25, 0.3) is 0 Å². The summed E-state index contributed by atoms with van der Waals surface area (Å²) in [5.41, 5.74) is 0.372. The van der Waals surface area contributed by atoms with Crippen LogP contribution >= 0.6 is 0 Å². The predicted octanol–water partition coefficient (Wildman–Crippen LogP) is 0.272. The summed E-state index contributed by atoms with van der Waals surface area (Å²) >= 11 is 0. The molecule has 1 saturated heterocycles. The quantitative estimate of drug-likeness (QED) is 0.720. The van der Waals surface area contributed by atoms with Crippen LogP contribution in [0, 0.1) is 0 Å². The van der Waals surface area contributed by atoms with E-state index in [9.17, 15) is 0 Å². The van der Waals surface area contributed by atoms with Crippen molar-refractivity contribution in [2.24, 2.45) is 0 Å². The molecule has 1 heterocycles. The standard InChI is InChI=1S/C11H15BO4/c13-12(14)9-5-1-2-6-10(9)16-11-7-3-4-8-15-11/h1-2,5-6,11,13-14H,3-4,7-8H2/t11-/m1/s1. The molecule has 86 valence electrons. The van der Waals surface area contributed by atoms with E-state index >= 15 is 0 Å². The van der Waals surface area contributed by atoms with Gasteiger partial charge >= 0.3 is 7.12 Å². The summed E-state index contributed by atoms with van der Waals surface area (Å²) in [6.45, 7) is 0.703. The molecule has 0 aliphatic carbocycles. The predicted molar refractivity (Wildman–Crippen MR) is 60.5 cm³/mol. The molecule has 2 N–H and O–H groups in total. The molecule has 1 fully saturated rings. The Morgan fingerprint density at radius 2 is 2.06 bits per heavy atom. The topological polar surface area (TPSA) is 58.9 Å². The Morgan fingerprint density at radius 3 is 2.75 bits per heavy atom. The van der Waals surface area contributed by atoms with Crippen LogP contribution in [-0.2, 0) is 4.74 Å². The zero-order valence-corrected chi connectivity index (χ0v) is 9.00. The van der Waals surface area contributed by atoms with E-state index in [0.29, 0.717) is 17.8 Å². The lowest BCUT2D eigenvalue weighted by atomic mass is 9.79. The number of hydrogen-bond acceptors (Lipinski definition) is 4. The van der Waals surface area contributed by atoms with Crippen molar-refractivity contribution in [3.63, 3.8) is 0 Å². The first kappa shape index (κ1) is 11.5. The molecule has 0 amide bonds. The van der Waals surface area contributed by atoms with E-state index in [-0.39, 0.29) is 6.29 Å². The van der Waals surface area contributed by atoms with Crippen molar-refractivity contribution in [2.75, 3.05) is 6.61 Å². The van der Waals surface area contributed by atoms with Crippen LogP contribution < -0.4 is 10.2 Å². The van der Waals surface area contributed by atoms with Crippen LogP contribution in [0.1, 0.15) is 19.3 Å². The van der Waals surface area contributed by atoms with Crippen molar-refractivity contribution in [1.29, 1.82) is 0 Å². The zero-order valence-electron chi connectivity index (χ0n) is 9.00. The molecular weight excluding hydrogens is 207 g/mol. The third kappa shape index (κ3) is 2.75. The van der Waals surface area contributed by atoms with Crippen molar-refractivity contribution in [2.45, 2.75) is 25.6 Å². The molecule has 0 unspecified atom stereocenters. The summed E-state index contributed by atoms with van der Waals surface area (Å²) in [4.78, 5) is 0. The number of hydrogen-bond donors (Lipinski definition) is 2. The van der Waals surface area contributed by atoms with Gasteiger partial charge in [0.05, 0.1) is 6.61 Å². The Kier molecular flexibility index (Phi) is 3.82. The molecule has 0 saturated carbocycles. The van der Waals surface area contributed by atoms with Crippen molar-refractivity contribution in [3.8, 4) is 5.75 Å². The molecule has 1 aromatic rings. The van der Waals surface area contributed by atoms with Gasteiger partial charge in [0, 0.05) is 11.9 Å². The highest BCUT2D eigenvalue weighted by Gasteiger charge is 2.20. The van der Waals surface area contributed by atoms with Crippen molar-refractivity contribution in [1.82, 2.24) is 0 Å². The maximum absolute atomic E-state index is 9.17. The van der Waals surface area contributed by atoms with E-state index in [0.717, 1.165) is 19.3 Å². The number of rotatable bonds is 3. The van der Waals surface area contributed by atoms with E-state index in [1.54, 1.807) is 24.3 Å². The van der Waals surface area contributed by atoms with E-state index in [4.69, 9.17) is 19.5 Å². The Balaban J connectivity index is 2.07. The summed E-state index contributed by atoms with van der Waals surface area (Å²) in [5.74, 6) is 0.476. The molecule has 0 radical (unpaired) electrons. The molecule has 0 spiro atoms. The lowest BCUT2D eigenvalue weighted by Crippen LogP contribution is -2.34. The maximum atomic E-state index is 9.17. The SMILES string of the molecule is OB(O)c1ccccc1O[C@@H]1CCCCO1. The number of ether oxygens (including phenoxy) is 2. The fourth-order valence-electron chi connectivity index (χ4n) is 1.75. The fourth-order valence-corrected chi connectivity index (χ4v) is 1.75. The first-order chi connectivity index (χ1) is 7.77. The third-order valence-electron chi connectivity index (χ3n) is 2.59. The van der Waals surface area contributed by atoms with Crippen LogP contribution in [0.5, 0.6) is 5.75 Å². The third-order valence-corrected chi connectivity index (χ3v) is 2.59. The monoisotopic (exact) mass is 222 g/mol. The second kappa shape index (κ2) is 5.34. The number of para-hydroxylation sites is 1. The minimum absolute atomic E-state index is 0.270. The van der Waals surface area contributed by atoms with Crippen LogP contribution in [0.15, 0.2) is 24.3 Å². The molecular formula is C11H15BO4. The summed E-state index contributed by atoms with van der Waals surface area (Å²) in [7, 11) is -1.51. The normalized spacial score (nSPS) is 20.5. The van der Waals surface area contributed by atoms with E-state index in [2.05, 4.69) is 0 Å². The lowest BCUT2D eigenvalue weighted by molar-refractivity contribution is -0.105. The Labute approximate surface area is 95.0 Å². The van der Waals surface area contributed by atoms with Crippen LogP contribution in [0.25, 0.3) is 0 Å². The van der Waals surface area contributed by atoms with E-state index in [1.165, 1.54) is 0 Å². The Hall–Kier alpha value is -1.04. The smallest absolute Gasteiger partial charge is 0.465 e. The average molecular weight is 222 g/mol. The molecule has 5 heteroatoms. The fraction of sp³-hybridized carbons (Fsp3) is 0.455. The molecule has 4 nitrogen and oxygen atoms in total. The van der Waals surface area contributed by atoms with Crippen LogP contribution in [0.4, 0.5) is 0 Å². The van der Waals surface area contributed by atoms with Gasteiger partial charge in [0.1, 0.15) is 5.75 Å². The van der Waals surface area contributed by atoms with Crippen LogP contribution in [0.2, 0.25) is 0 Å². The zero-order chi connectivity index (χ0) is 11.4. The van der Waals surface area contributed by atoms with E-state index in [1.807, 2.05) is 0 Å². The second-order valence-electron chi connectivity index (χ2n) is 3.83.